The zero-order valence-corrected chi connectivity index (χ0v) is 9.13. The number of alkyl halides is 2. The highest BCUT2D eigenvalue weighted by Crippen LogP contribution is 2.22. The molecule has 1 rings (SSSR count). The maximum Gasteiger partial charge on any atom is 0.311 e. The smallest absolute Gasteiger partial charge is 0.311 e. The normalized spacial score (nSPS) is 10.6. The number of hydrogen-bond acceptors (Lipinski definition) is 4. The summed E-state index contributed by atoms with van der Waals surface area (Å²) in [6.45, 7) is -0.145. The van der Waals surface area contributed by atoms with E-state index >= 15 is 0 Å². The summed E-state index contributed by atoms with van der Waals surface area (Å²) in [6.07, 6.45) is -3.20. The van der Waals surface area contributed by atoms with Crippen LogP contribution in [0, 0.1) is 0 Å². The Labute approximate surface area is 95.6 Å². The Balaban J connectivity index is 3.23. The van der Waals surface area contributed by atoms with Gasteiger partial charge < -0.3 is 15.5 Å². The van der Waals surface area contributed by atoms with Gasteiger partial charge in [-0.3, -0.25) is 9.59 Å². The van der Waals surface area contributed by atoms with Gasteiger partial charge in [-0.15, -0.1) is 0 Å². The van der Waals surface area contributed by atoms with Crippen LogP contribution in [0.4, 0.5) is 8.78 Å². The molecule has 0 radical (unpaired) electrons. The largest absolute Gasteiger partial charge is 0.469 e. The number of esters is 1. The molecule has 0 amide bonds. The lowest BCUT2D eigenvalue weighted by Crippen LogP contribution is -2.21. The molecule has 5 nitrogen and oxygen atoms in total. The zero-order chi connectivity index (χ0) is 13.0. The van der Waals surface area contributed by atoms with E-state index in [4.69, 9.17) is 5.73 Å². The highest BCUT2D eigenvalue weighted by atomic mass is 19.3. The van der Waals surface area contributed by atoms with E-state index in [-0.39, 0.29) is 17.8 Å². The van der Waals surface area contributed by atoms with Gasteiger partial charge in [0, 0.05) is 23.4 Å². The van der Waals surface area contributed by atoms with Crippen molar-refractivity contribution in [3.63, 3.8) is 0 Å². The van der Waals surface area contributed by atoms with Gasteiger partial charge in [-0.1, -0.05) is 0 Å². The second-order valence-electron chi connectivity index (χ2n) is 3.32. The number of halogens is 2. The molecule has 0 bridgehead atoms. The third-order valence-corrected chi connectivity index (χ3v) is 2.24. The molecule has 0 saturated heterocycles. The van der Waals surface area contributed by atoms with E-state index < -0.39 is 29.9 Å². The molecule has 17 heavy (non-hydrogen) atoms. The maximum absolute atomic E-state index is 12.7. The number of aromatic amines is 1. The van der Waals surface area contributed by atoms with Crippen LogP contribution in [-0.2, 0) is 22.5 Å². The Morgan fingerprint density at radius 1 is 1.59 bits per heavy atom. The lowest BCUT2D eigenvalue weighted by Gasteiger charge is -2.09. The van der Waals surface area contributed by atoms with Crippen molar-refractivity contribution in [3.8, 4) is 0 Å². The van der Waals surface area contributed by atoms with E-state index in [2.05, 4.69) is 9.72 Å². The minimum Gasteiger partial charge on any atom is -0.469 e. The summed E-state index contributed by atoms with van der Waals surface area (Å²) < 4.78 is 29.8. The molecule has 0 unspecified atom stereocenters. The Morgan fingerprint density at radius 2 is 2.24 bits per heavy atom. The number of aromatic nitrogens is 1. The molecule has 0 aromatic carbocycles. The Kier molecular flexibility index (Phi) is 4.33. The molecule has 0 atom stereocenters. The molecule has 1 aromatic rings. The second kappa shape index (κ2) is 5.53. The zero-order valence-electron chi connectivity index (χ0n) is 9.13. The predicted octanol–water partition coefficient (Wildman–Crippen LogP) is 0.487. The SMILES string of the molecule is COC(=O)Cc1[nH]c(=O)c(CN)cc1C(F)F. The summed E-state index contributed by atoms with van der Waals surface area (Å²) in [5.74, 6) is -0.706. The van der Waals surface area contributed by atoms with Gasteiger partial charge in [-0.05, 0) is 6.07 Å². The summed E-state index contributed by atoms with van der Waals surface area (Å²) in [6, 6.07) is 1.02. The number of ether oxygens (including phenoxy) is 1. The molecule has 7 heteroatoms. The minimum atomic E-state index is -2.79. The topological polar surface area (TPSA) is 85.2 Å². The van der Waals surface area contributed by atoms with Crippen molar-refractivity contribution in [2.75, 3.05) is 7.11 Å². The number of carbonyl (C=O) groups is 1. The summed E-state index contributed by atoms with van der Waals surface area (Å²) >= 11 is 0. The summed E-state index contributed by atoms with van der Waals surface area (Å²) in [5, 5.41) is 0. The van der Waals surface area contributed by atoms with Gasteiger partial charge in [-0.2, -0.15) is 0 Å². The number of methoxy groups -OCH3 is 1. The van der Waals surface area contributed by atoms with Gasteiger partial charge in [0.1, 0.15) is 0 Å². The Bertz CT molecular complexity index is 471. The van der Waals surface area contributed by atoms with Crippen LogP contribution in [-0.4, -0.2) is 18.1 Å². The molecule has 0 aliphatic rings. The van der Waals surface area contributed by atoms with E-state index in [1.54, 1.807) is 0 Å². The number of carbonyl (C=O) groups excluding carboxylic acids is 1. The lowest BCUT2D eigenvalue weighted by molar-refractivity contribution is -0.139. The first-order chi connectivity index (χ1) is 7.99. The van der Waals surface area contributed by atoms with Crippen molar-refractivity contribution >= 4 is 5.97 Å². The first kappa shape index (κ1) is 13.3. The number of rotatable bonds is 4. The third kappa shape index (κ3) is 3.10. The van der Waals surface area contributed by atoms with Crippen molar-refractivity contribution in [1.82, 2.24) is 4.98 Å². The highest BCUT2D eigenvalue weighted by Gasteiger charge is 2.18. The molecule has 3 N–H and O–H groups in total. The molecule has 0 aliphatic carbocycles. The van der Waals surface area contributed by atoms with Crippen molar-refractivity contribution in [2.45, 2.75) is 19.4 Å². The quantitative estimate of drug-likeness (QED) is 0.757. The van der Waals surface area contributed by atoms with Crippen LogP contribution in [0.25, 0.3) is 0 Å². The molecule has 0 saturated carbocycles. The fourth-order valence-corrected chi connectivity index (χ4v) is 1.34. The van der Waals surface area contributed by atoms with Gasteiger partial charge in [0.25, 0.3) is 12.0 Å². The molecule has 0 fully saturated rings. The van der Waals surface area contributed by atoms with Crippen molar-refractivity contribution in [1.29, 1.82) is 0 Å². The molecule has 0 aliphatic heterocycles. The lowest BCUT2D eigenvalue weighted by atomic mass is 10.1. The van der Waals surface area contributed by atoms with Crippen LogP contribution in [0.15, 0.2) is 10.9 Å². The first-order valence-electron chi connectivity index (χ1n) is 4.79. The third-order valence-electron chi connectivity index (χ3n) is 2.24. The molecule has 1 aromatic heterocycles. The number of H-pyrrole nitrogens is 1. The predicted molar refractivity (Wildman–Crippen MR) is 55.6 cm³/mol. The molecular formula is C10H12F2N2O3. The van der Waals surface area contributed by atoms with Gasteiger partial charge >= 0.3 is 5.97 Å². The van der Waals surface area contributed by atoms with Crippen LogP contribution in [0.2, 0.25) is 0 Å². The molecular weight excluding hydrogens is 234 g/mol. The van der Waals surface area contributed by atoms with Crippen LogP contribution < -0.4 is 11.3 Å². The number of nitrogens with two attached hydrogens (primary N) is 1. The monoisotopic (exact) mass is 246 g/mol. The average molecular weight is 246 g/mol. The van der Waals surface area contributed by atoms with Crippen LogP contribution in [0.5, 0.6) is 0 Å². The van der Waals surface area contributed by atoms with E-state index in [0.29, 0.717) is 0 Å². The first-order valence-corrected chi connectivity index (χ1v) is 4.79. The van der Waals surface area contributed by atoms with Gasteiger partial charge in [0.2, 0.25) is 0 Å². The van der Waals surface area contributed by atoms with E-state index in [9.17, 15) is 18.4 Å². The van der Waals surface area contributed by atoms with Gasteiger partial charge in [0.15, 0.2) is 0 Å². The molecule has 94 valence electrons. The number of nitrogens with one attached hydrogen (secondary N) is 1. The number of hydrogen-bond donors (Lipinski definition) is 2. The average Bonchev–Trinajstić information content (AvgIpc) is 2.28. The fraction of sp³-hybridized carbons (Fsp3) is 0.400. The van der Waals surface area contributed by atoms with Crippen LogP contribution >= 0.6 is 0 Å². The second-order valence-corrected chi connectivity index (χ2v) is 3.32. The van der Waals surface area contributed by atoms with Crippen molar-refractivity contribution in [2.24, 2.45) is 5.73 Å². The molecule has 0 spiro atoms. The Hall–Kier alpha value is -1.76. The number of pyridine rings is 1. The van der Waals surface area contributed by atoms with Gasteiger partial charge in [0.05, 0.1) is 13.5 Å². The summed E-state index contributed by atoms with van der Waals surface area (Å²) in [5.41, 5.74) is 4.17. The summed E-state index contributed by atoms with van der Waals surface area (Å²) in [7, 11) is 1.14. The summed E-state index contributed by atoms with van der Waals surface area (Å²) in [4.78, 5) is 24.6. The molecule has 1 heterocycles. The van der Waals surface area contributed by atoms with Crippen molar-refractivity contribution < 1.29 is 18.3 Å². The Morgan fingerprint density at radius 3 is 2.71 bits per heavy atom. The highest BCUT2D eigenvalue weighted by molar-refractivity contribution is 5.72. The van der Waals surface area contributed by atoms with Crippen molar-refractivity contribution in [3.05, 3.63) is 33.2 Å². The van der Waals surface area contributed by atoms with Crippen LogP contribution in [0.3, 0.4) is 0 Å². The van der Waals surface area contributed by atoms with E-state index in [1.165, 1.54) is 0 Å². The fourth-order valence-electron chi connectivity index (χ4n) is 1.34. The standard InChI is InChI=1S/C10H12F2N2O3/c1-17-8(15)3-7-6(9(11)12)2-5(4-13)10(16)14-7/h2,9H,3-4,13H2,1H3,(H,14,16). The van der Waals surface area contributed by atoms with Crippen LogP contribution in [0.1, 0.15) is 23.2 Å². The van der Waals surface area contributed by atoms with E-state index in [1.807, 2.05) is 0 Å². The van der Waals surface area contributed by atoms with E-state index in [0.717, 1.165) is 13.2 Å². The maximum atomic E-state index is 12.7. The van der Waals surface area contributed by atoms with Gasteiger partial charge in [-0.25, -0.2) is 8.78 Å². The minimum absolute atomic E-state index is 0.0499.